The predicted octanol–water partition coefficient (Wildman–Crippen LogP) is 3.99. The lowest BCUT2D eigenvalue weighted by Gasteiger charge is -2.22. The van der Waals surface area contributed by atoms with Gasteiger partial charge in [0.1, 0.15) is 16.1 Å². The summed E-state index contributed by atoms with van der Waals surface area (Å²) in [5, 5.41) is 12.8. The second kappa shape index (κ2) is 9.43. The van der Waals surface area contributed by atoms with Crippen LogP contribution in [0.15, 0.2) is 53.4 Å². The van der Waals surface area contributed by atoms with Crippen LogP contribution in [0.5, 0.6) is 5.75 Å². The van der Waals surface area contributed by atoms with E-state index in [2.05, 4.69) is 5.32 Å². The molecular weight excluding hydrogens is 428 g/mol. The summed E-state index contributed by atoms with van der Waals surface area (Å²) in [7, 11) is 0. The van der Waals surface area contributed by atoms with E-state index in [1.807, 2.05) is 12.1 Å². The van der Waals surface area contributed by atoms with Crippen molar-refractivity contribution in [3.05, 3.63) is 69.6 Å². The van der Waals surface area contributed by atoms with E-state index in [4.69, 9.17) is 23.8 Å². The monoisotopic (exact) mass is 446 g/mol. The maximum absolute atomic E-state index is 12.8. The van der Waals surface area contributed by atoms with Gasteiger partial charge < -0.3 is 10.4 Å². The highest BCUT2D eigenvalue weighted by Gasteiger charge is 2.38. The van der Waals surface area contributed by atoms with Gasteiger partial charge >= 0.3 is 0 Å². The third-order valence-corrected chi connectivity index (χ3v) is 5.99. The maximum Gasteiger partial charge on any atom is 0.266 e. The first-order chi connectivity index (χ1) is 13.8. The molecule has 1 aliphatic rings. The van der Waals surface area contributed by atoms with E-state index < -0.39 is 6.04 Å². The molecule has 29 heavy (non-hydrogen) atoms. The average Bonchev–Trinajstić information content (AvgIpc) is 2.97. The molecule has 0 aromatic heterocycles. The van der Waals surface area contributed by atoms with Crippen molar-refractivity contribution in [1.29, 1.82) is 0 Å². The molecular formula is C21H19ClN2O3S2. The van der Waals surface area contributed by atoms with E-state index in [1.165, 1.54) is 16.7 Å². The number of amides is 2. The maximum atomic E-state index is 12.8. The summed E-state index contributed by atoms with van der Waals surface area (Å²) in [5.41, 5.74) is 1.83. The number of thioether (sulfide) groups is 1. The van der Waals surface area contributed by atoms with E-state index in [1.54, 1.807) is 49.4 Å². The Hall–Kier alpha value is -2.35. The number of benzene rings is 2. The molecule has 1 aliphatic heterocycles. The van der Waals surface area contributed by atoms with Crippen molar-refractivity contribution in [1.82, 2.24) is 10.2 Å². The topological polar surface area (TPSA) is 69.6 Å². The van der Waals surface area contributed by atoms with Crippen molar-refractivity contribution in [2.45, 2.75) is 19.4 Å². The third-order valence-electron chi connectivity index (χ3n) is 4.41. The van der Waals surface area contributed by atoms with Gasteiger partial charge in [-0.1, -0.05) is 59.8 Å². The molecule has 0 saturated carbocycles. The van der Waals surface area contributed by atoms with Crippen LogP contribution >= 0.6 is 35.6 Å². The predicted molar refractivity (Wildman–Crippen MR) is 121 cm³/mol. The van der Waals surface area contributed by atoms with E-state index in [0.29, 0.717) is 27.2 Å². The minimum Gasteiger partial charge on any atom is -0.508 e. The van der Waals surface area contributed by atoms with Gasteiger partial charge in [-0.05, 0) is 54.8 Å². The lowest BCUT2D eigenvalue weighted by Crippen LogP contribution is -2.47. The Bertz CT molecular complexity index is 959. The van der Waals surface area contributed by atoms with E-state index in [9.17, 15) is 14.7 Å². The zero-order chi connectivity index (χ0) is 21.0. The zero-order valence-corrected chi connectivity index (χ0v) is 18.0. The molecule has 1 unspecified atom stereocenters. The number of phenols is 1. The summed E-state index contributed by atoms with van der Waals surface area (Å²) in [5.74, 6) is -0.351. The highest BCUT2D eigenvalue weighted by Crippen LogP contribution is 2.34. The molecule has 1 fully saturated rings. The number of thiocarbonyl (C=S) groups is 1. The first-order valence-corrected chi connectivity index (χ1v) is 10.5. The van der Waals surface area contributed by atoms with Gasteiger partial charge in [0.05, 0.1) is 4.91 Å². The Morgan fingerprint density at radius 2 is 1.90 bits per heavy atom. The summed E-state index contributed by atoms with van der Waals surface area (Å²) in [4.78, 5) is 27.1. The number of rotatable bonds is 6. The minimum absolute atomic E-state index is 0.201. The molecule has 1 atom stereocenters. The van der Waals surface area contributed by atoms with Gasteiger partial charge in [0.25, 0.3) is 5.91 Å². The van der Waals surface area contributed by atoms with Crippen molar-refractivity contribution >= 4 is 57.8 Å². The fourth-order valence-electron chi connectivity index (χ4n) is 2.78. The molecule has 2 N–H and O–H groups in total. The largest absolute Gasteiger partial charge is 0.508 e. The van der Waals surface area contributed by atoms with Crippen LogP contribution in [-0.4, -0.2) is 38.7 Å². The van der Waals surface area contributed by atoms with Gasteiger partial charge in [0, 0.05) is 11.6 Å². The molecule has 1 saturated heterocycles. The van der Waals surface area contributed by atoms with Crippen molar-refractivity contribution in [2.75, 3.05) is 6.54 Å². The summed E-state index contributed by atoms with van der Waals surface area (Å²) in [6, 6.07) is 13.2. The number of hydrogen-bond acceptors (Lipinski definition) is 5. The quantitative estimate of drug-likeness (QED) is 0.518. The minimum atomic E-state index is -0.710. The second-order valence-electron chi connectivity index (χ2n) is 6.49. The summed E-state index contributed by atoms with van der Waals surface area (Å²) in [6.07, 6.45) is 2.36. The highest BCUT2D eigenvalue weighted by atomic mass is 35.5. The Kier molecular flexibility index (Phi) is 6.95. The Morgan fingerprint density at radius 3 is 2.55 bits per heavy atom. The number of phenolic OH excluding ortho intramolecular Hbond substituents is 1. The normalized spacial score (nSPS) is 16.3. The molecule has 2 aromatic rings. The van der Waals surface area contributed by atoms with Crippen LogP contribution in [0.3, 0.4) is 0 Å². The molecule has 0 radical (unpaired) electrons. The Labute approximate surface area is 183 Å². The van der Waals surface area contributed by atoms with E-state index in [0.717, 1.165) is 11.1 Å². The van der Waals surface area contributed by atoms with Crippen LogP contribution in [0.25, 0.3) is 6.08 Å². The molecule has 5 nitrogen and oxygen atoms in total. The van der Waals surface area contributed by atoms with Crippen LogP contribution in [-0.2, 0) is 16.0 Å². The average molecular weight is 447 g/mol. The fourth-order valence-corrected chi connectivity index (χ4v) is 4.33. The van der Waals surface area contributed by atoms with Crippen LogP contribution in [0, 0.1) is 0 Å². The molecule has 0 bridgehead atoms. The first kappa shape index (κ1) is 21.4. The smallest absolute Gasteiger partial charge is 0.266 e. The summed E-state index contributed by atoms with van der Waals surface area (Å²) < 4.78 is 0.358. The third kappa shape index (κ3) is 5.38. The molecule has 2 amide bonds. The number of halogens is 1. The SMILES string of the molecule is CC(C(=O)NCCc1ccc(O)cc1)N1C(=O)C(=Cc2ccc(Cl)cc2)SC1=S. The van der Waals surface area contributed by atoms with Crippen LogP contribution in [0.4, 0.5) is 0 Å². The Morgan fingerprint density at radius 1 is 1.24 bits per heavy atom. The van der Waals surface area contributed by atoms with Gasteiger partial charge in [-0.15, -0.1) is 0 Å². The molecule has 8 heteroatoms. The van der Waals surface area contributed by atoms with Crippen LogP contribution < -0.4 is 5.32 Å². The molecule has 2 aromatic carbocycles. The van der Waals surface area contributed by atoms with Crippen molar-refractivity contribution < 1.29 is 14.7 Å². The van der Waals surface area contributed by atoms with Crippen LogP contribution in [0.1, 0.15) is 18.1 Å². The highest BCUT2D eigenvalue weighted by molar-refractivity contribution is 8.26. The van der Waals surface area contributed by atoms with E-state index in [-0.39, 0.29) is 17.6 Å². The van der Waals surface area contributed by atoms with Gasteiger partial charge in [-0.3, -0.25) is 14.5 Å². The van der Waals surface area contributed by atoms with Gasteiger partial charge in [-0.2, -0.15) is 0 Å². The lowest BCUT2D eigenvalue weighted by molar-refractivity contribution is -0.132. The van der Waals surface area contributed by atoms with Gasteiger partial charge in [-0.25, -0.2) is 0 Å². The molecule has 0 aliphatic carbocycles. The number of nitrogens with zero attached hydrogens (tertiary/aromatic N) is 1. The summed E-state index contributed by atoms with van der Waals surface area (Å²) >= 11 is 12.4. The Balaban J connectivity index is 1.60. The second-order valence-corrected chi connectivity index (χ2v) is 8.60. The van der Waals surface area contributed by atoms with Gasteiger partial charge in [0.15, 0.2) is 0 Å². The van der Waals surface area contributed by atoms with Crippen molar-refractivity contribution in [3.63, 3.8) is 0 Å². The number of carbonyl (C=O) groups is 2. The number of carbonyl (C=O) groups excluding carboxylic acids is 2. The number of hydrogen-bond donors (Lipinski definition) is 2. The lowest BCUT2D eigenvalue weighted by atomic mass is 10.1. The molecule has 1 heterocycles. The van der Waals surface area contributed by atoms with Crippen molar-refractivity contribution in [3.8, 4) is 5.75 Å². The molecule has 3 rings (SSSR count). The van der Waals surface area contributed by atoms with Crippen molar-refractivity contribution in [2.24, 2.45) is 0 Å². The van der Waals surface area contributed by atoms with E-state index >= 15 is 0 Å². The van der Waals surface area contributed by atoms with Gasteiger partial charge in [0.2, 0.25) is 5.91 Å². The molecule has 0 spiro atoms. The summed E-state index contributed by atoms with van der Waals surface area (Å²) in [6.45, 7) is 2.08. The fraction of sp³-hybridized carbons (Fsp3) is 0.190. The number of nitrogens with one attached hydrogen (secondary N) is 1. The number of aromatic hydroxyl groups is 1. The van der Waals surface area contributed by atoms with Crippen LogP contribution in [0.2, 0.25) is 5.02 Å². The molecule has 150 valence electrons. The first-order valence-electron chi connectivity index (χ1n) is 8.93. The zero-order valence-electron chi connectivity index (χ0n) is 15.6. The standard InChI is InChI=1S/C21H19ClN2O3S2/c1-13(19(26)23-11-10-14-4-8-17(25)9-5-14)24-20(27)18(29-21(24)28)12-15-2-6-16(22)7-3-15/h2-9,12-13,25H,10-11H2,1H3,(H,23,26).